The van der Waals surface area contributed by atoms with Crippen LogP contribution in [0.15, 0.2) is 12.2 Å². The molecule has 1 atom stereocenters. The number of nitrogens with two attached hydrogens (primary N) is 1. The van der Waals surface area contributed by atoms with Gasteiger partial charge in [0.05, 0.1) is 6.54 Å². The molecule has 6 nitrogen and oxygen atoms in total. The second kappa shape index (κ2) is 3.36. The molecule has 13 heavy (non-hydrogen) atoms. The zero-order valence-electron chi connectivity index (χ0n) is 6.64. The molecule has 0 fully saturated rings. The summed E-state index contributed by atoms with van der Waals surface area (Å²) in [5, 5.41) is 8.42. The molecule has 0 unspecified atom stereocenters. The minimum absolute atomic E-state index is 0.292. The van der Waals surface area contributed by atoms with Crippen molar-refractivity contribution in [2.75, 3.05) is 6.54 Å². The normalized spacial score (nSPS) is 18.1. The van der Waals surface area contributed by atoms with Gasteiger partial charge >= 0.3 is 5.97 Å². The van der Waals surface area contributed by atoms with Gasteiger partial charge in [-0.25, -0.2) is 0 Å². The molecule has 1 aliphatic rings. The van der Waals surface area contributed by atoms with Crippen molar-refractivity contribution in [2.45, 2.75) is 6.04 Å². The average molecular weight is 184 g/mol. The highest BCUT2D eigenvalue weighted by Gasteiger charge is 2.27. The molecule has 1 aliphatic heterocycles. The first kappa shape index (κ1) is 9.40. The lowest BCUT2D eigenvalue weighted by molar-refractivity contribution is -0.141. The number of carbonyl (C=O) groups excluding carboxylic acids is 2. The lowest BCUT2D eigenvalue weighted by Gasteiger charge is -2.15. The van der Waals surface area contributed by atoms with E-state index in [1.54, 1.807) is 0 Å². The first-order chi connectivity index (χ1) is 6.02. The van der Waals surface area contributed by atoms with Gasteiger partial charge in [0.15, 0.2) is 0 Å². The summed E-state index contributed by atoms with van der Waals surface area (Å²) in [6.07, 6.45) is 2.16. The van der Waals surface area contributed by atoms with E-state index in [9.17, 15) is 14.4 Å². The number of carbonyl (C=O) groups is 3. The number of rotatable bonds is 3. The first-order valence-corrected chi connectivity index (χ1v) is 3.54. The van der Waals surface area contributed by atoms with Gasteiger partial charge in [0.2, 0.25) is 0 Å². The first-order valence-electron chi connectivity index (χ1n) is 3.54. The van der Waals surface area contributed by atoms with Gasteiger partial charge < -0.3 is 10.8 Å². The maximum Gasteiger partial charge on any atom is 0.322 e. The van der Waals surface area contributed by atoms with E-state index in [4.69, 9.17) is 10.8 Å². The van der Waals surface area contributed by atoms with Crippen LogP contribution in [0.25, 0.3) is 0 Å². The Hall–Kier alpha value is -1.69. The predicted molar refractivity (Wildman–Crippen MR) is 41.5 cm³/mol. The van der Waals surface area contributed by atoms with Crippen molar-refractivity contribution >= 4 is 17.8 Å². The van der Waals surface area contributed by atoms with Crippen molar-refractivity contribution in [3.8, 4) is 0 Å². The second-order valence-electron chi connectivity index (χ2n) is 2.57. The van der Waals surface area contributed by atoms with Crippen molar-refractivity contribution in [1.82, 2.24) is 4.90 Å². The summed E-state index contributed by atoms with van der Waals surface area (Å²) in [7, 11) is 0. The van der Waals surface area contributed by atoms with Gasteiger partial charge in [-0.3, -0.25) is 19.3 Å². The van der Waals surface area contributed by atoms with Crippen molar-refractivity contribution in [3.05, 3.63) is 12.2 Å². The molecule has 0 saturated carbocycles. The predicted octanol–water partition coefficient (Wildman–Crippen LogP) is -1.68. The minimum Gasteiger partial charge on any atom is -0.480 e. The summed E-state index contributed by atoms with van der Waals surface area (Å²) in [6, 6.07) is -1.23. The smallest absolute Gasteiger partial charge is 0.322 e. The summed E-state index contributed by atoms with van der Waals surface area (Å²) in [4.78, 5) is 32.9. The lowest BCUT2D eigenvalue weighted by Crippen LogP contribution is -2.45. The summed E-state index contributed by atoms with van der Waals surface area (Å²) >= 11 is 0. The molecule has 2 amide bonds. The van der Waals surface area contributed by atoms with E-state index >= 15 is 0 Å². The maximum absolute atomic E-state index is 10.9. The van der Waals surface area contributed by atoms with Crippen molar-refractivity contribution in [3.63, 3.8) is 0 Å². The quantitative estimate of drug-likeness (QED) is 0.510. The van der Waals surface area contributed by atoms with Crippen molar-refractivity contribution < 1.29 is 19.5 Å². The highest BCUT2D eigenvalue weighted by Crippen LogP contribution is 2.03. The molecule has 0 aromatic rings. The van der Waals surface area contributed by atoms with Gasteiger partial charge in [-0.15, -0.1) is 0 Å². The van der Waals surface area contributed by atoms with E-state index in [0.717, 1.165) is 17.1 Å². The number of hydrogen-bond donors (Lipinski definition) is 2. The van der Waals surface area contributed by atoms with Gasteiger partial charge in [-0.2, -0.15) is 0 Å². The van der Waals surface area contributed by atoms with Crippen molar-refractivity contribution in [2.24, 2.45) is 5.73 Å². The Morgan fingerprint density at radius 2 is 1.92 bits per heavy atom. The third-order valence-electron chi connectivity index (χ3n) is 1.60. The number of amides is 2. The Bertz CT molecular complexity index is 279. The number of nitrogens with zero attached hydrogens (tertiary/aromatic N) is 1. The van der Waals surface area contributed by atoms with Gasteiger partial charge in [0, 0.05) is 12.2 Å². The van der Waals surface area contributed by atoms with Gasteiger partial charge in [-0.05, 0) is 0 Å². The van der Waals surface area contributed by atoms with Crippen LogP contribution < -0.4 is 5.73 Å². The van der Waals surface area contributed by atoms with Crippen LogP contribution in [-0.2, 0) is 14.4 Å². The van der Waals surface area contributed by atoms with E-state index in [1.165, 1.54) is 0 Å². The van der Waals surface area contributed by atoms with Crippen LogP contribution in [0, 0.1) is 0 Å². The fourth-order valence-electron chi connectivity index (χ4n) is 0.886. The van der Waals surface area contributed by atoms with Gasteiger partial charge in [-0.1, -0.05) is 0 Å². The zero-order valence-corrected chi connectivity index (χ0v) is 6.64. The third-order valence-corrected chi connectivity index (χ3v) is 1.60. The minimum atomic E-state index is -1.24. The molecule has 1 rings (SSSR count). The van der Waals surface area contributed by atoms with E-state index in [0.29, 0.717) is 0 Å². The molecule has 70 valence electrons. The van der Waals surface area contributed by atoms with Crippen molar-refractivity contribution in [1.29, 1.82) is 0 Å². The maximum atomic E-state index is 10.9. The highest BCUT2D eigenvalue weighted by molar-refractivity contribution is 6.13. The van der Waals surface area contributed by atoms with Gasteiger partial charge in [0.25, 0.3) is 11.8 Å². The van der Waals surface area contributed by atoms with E-state index in [2.05, 4.69) is 0 Å². The number of hydrogen-bond acceptors (Lipinski definition) is 4. The Kier molecular flexibility index (Phi) is 2.43. The fourth-order valence-corrected chi connectivity index (χ4v) is 0.886. The molecule has 0 aromatic heterocycles. The van der Waals surface area contributed by atoms with E-state index in [-0.39, 0.29) is 6.54 Å². The molecule has 6 heteroatoms. The number of imide groups is 1. The van der Waals surface area contributed by atoms with E-state index < -0.39 is 23.8 Å². The Labute approximate surface area is 73.6 Å². The summed E-state index contributed by atoms with van der Waals surface area (Å²) in [5.41, 5.74) is 5.15. The molecule has 0 saturated heterocycles. The molecule has 0 bridgehead atoms. The standard InChI is InChI=1S/C7H8N2O4/c8-4(7(12)13)3-9-5(10)1-2-6(9)11/h1-2,4H,3,8H2,(H,12,13)/t4-/m0/s1. The monoisotopic (exact) mass is 184 g/mol. The third kappa shape index (κ3) is 1.91. The Morgan fingerprint density at radius 1 is 1.46 bits per heavy atom. The SMILES string of the molecule is N[C@@H](CN1C(=O)C=CC1=O)C(=O)O. The number of carboxylic acid groups (broad SMARTS) is 1. The Morgan fingerprint density at radius 3 is 2.31 bits per heavy atom. The molecule has 1 heterocycles. The van der Waals surface area contributed by atoms with E-state index in [1.807, 2.05) is 0 Å². The van der Waals surface area contributed by atoms with Crippen LogP contribution in [0.5, 0.6) is 0 Å². The van der Waals surface area contributed by atoms with Crippen LogP contribution in [0.2, 0.25) is 0 Å². The zero-order chi connectivity index (χ0) is 10.0. The molecule has 3 N–H and O–H groups in total. The molecule has 0 aliphatic carbocycles. The summed E-state index contributed by atoms with van der Waals surface area (Å²) < 4.78 is 0. The lowest BCUT2D eigenvalue weighted by atomic mass is 10.3. The molecular weight excluding hydrogens is 176 g/mol. The van der Waals surface area contributed by atoms with Gasteiger partial charge in [0.1, 0.15) is 6.04 Å². The number of carboxylic acids is 1. The van der Waals surface area contributed by atoms with Crippen LogP contribution in [-0.4, -0.2) is 40.4 Å². The Balaban J connectivity index is 2.60. The summed E-state index contributed by atoms with van der Waals surface area (Å²) in [5.74, 6) is -2.30. The fraction of sp³-hybridized carbons (Fsp3) is 0.286. The summed E-state index contributed by atoms with van der Waals surface area (Å²) in [6.45, 7) is -0.292. The molecular formula is C7H8N2O4. The highest BCUT2D eigenvalue weighted by atomic mass is 16.4. The topological polar surface area (TPSA) is 101 Å². The molecule has 0 aromatic carbocycles. The van der Waals surface area contributed by atoms with Crippen LogP contribution in [0.3, 0.4) is 0 Å². The number of aliphatic carboxylic acids is 1. The van der Waals surface area contributed by atoms with Crippen LogP contribution >= 0.6 is 0 Å². The van der Waals surface area contributed by atoms with Crippen LogP contribution in [0.1, 0.15) is 0 Å². The molecule has 0 radical (unpaired) electrons. The van der Waals surface area contributed by atoms with Crippen LogP contribution in [0.4, 0.5) is 0 Å². The molecule has 0 spiro atoms. The average Bonchev–Trinajstić information content (AvgIpc) is 2.35. The second-order valence-corrected chi connectivity index (χ2v) is 2.57. The largest absolute Gasteiger partial charge is 0.480 e.